The second kappa shape index (κ2) is 7.20. The first-order chi connectivity index (χ1) is 11.1. The molecule has 2 aromatic carbocycles. The summed E-state index contributed by atoms with van der Waals surface area (Å²) in [4.78, 5) is 0. The Balaban J connectivity index is 1.86. The summed E-state index contributed by atoms with van der Waals surface area (Å²) in [5.41, 5.74) is 3.90. The Labute approximate surface area is 143 Å². The average molecular weight is 327 g/mol. The highest BCUT2D eigenvalue weighted by molar-refractivity contribution is 6.30. The fourth-order valence-electron chi connectivity index (χ4n) is 2.88. The molecule has 1 N–H and O–H groups in total. The van der Waals surface area contributed by atoms with Gasteiger partial charge in [0, 0.05) is 35.2 Å². The fraction of sp³-hybridized carbons (Fsp3) is 0.300. The summed E-state index contributed by atoms with van der Waals surface area (Å²) in [6.45, 7) is 7.28. The van der Waals surface area contributed by atoms with Crippen molar-refractivity contribution >= 4 is 22.5 Å². The molecule has 3 aromatic rings. The molecular weight excluding hydrogens is 304 g/mol. The van der Waals surface area contributed by atoms with Crippen molar-refractivity contribution in [2.45, 2.75) is 26.9 Å². The van der Waals surface area contributed by atoms with E-state index in [0.29, 0.717) is 5.92 Å². The van der Waals surface area contributed by atoms with Gasteiger partial charge in [-0.3, -0.25) is 0 Å². The van der Waals surface area contributed by atoms with Crippen molar-refractivity contribution in [2.24, 2.45) is 5.92 Å². The smallest absolute Gasteiger partial charge is 0.0486 e. The van der Waals surface area contributed by atoms with E-state index in [0.717, 1.165) is 24.7 Å². The first-order valence-corrected chi connectivity index (χ1v) is 8.53. The van der Waals surface area contributed by atoms with E-state index < -0.39 is 0 Å². The first kappa shape index (κ1) is 16.1. The molecule has 0 aliphatic carbocycles. The molecule has 1 heterocycles. The maximum absolute atomic E-state index is 5.98. The molecule has 0 aliphatic rings. The molecule has 2 nitrogen and oxygen atoms in total. The molecule has 0 fully saturated rings. The highest BCUT2D eigenvalue weighted by Gasteiger charge is 2.08. The monoisotopic (exact) mass is 326 g/mol. The molecule has 0 radical (unpaired) electrons. The number of aromatic nitrogens is 1. The van der Waals surface area contributed by atoms with Crippen LogP contribution in [-0.4, -0.2) is 11.1 Å². The molecule has 23 heavy (non-hydrogen) atoms. The zero-order valence-electron chi connectivity index (χ0n) is 13.7. The molecule has 0 unspecified atom stereocenters. The number of halogens is 1. The van der Waals surface area contributed by atoms with Crippen LogP contribution in [0.25, 0.3) is 10.9 Å². The van der Waals surface area contributed by atoms with Crippen LogP contribution in [0.4, 0.5) is 0 Å². The normalized spacial score (nSPS) is 11.5. The topological polar surface area (TPSA) is 17.0 Å². The van der Waals surface area contributed by atoms with Crippen molar-refractivity contribution in [1.29, 1.82) is 0 Å². The van der Waals surface area contributed by atoms with Gasteiger partial charge in [-0.05, 0) is 41.8 Å². The van der Waals surface area contributed by atoms with E-state index in [4.69, 9.17) is 11.6 Å². The molecule has 0 amide bonds. The molecular formula is C20H23ClN2. The Bertz CT molecular complexity index is 772. The minimum absolute atomic E-state index is 0.664. The van der Waals surface area contributed by atoms with Gasteiger partial charge in [0.2, 0.25) is 0 Å². The summed E-state index contributed by atoms with van der Waals surface area (Å²) in [7, 11) is 0. The van der Waals surface area contributed by atoms with Crippen LogP contribution in [0.15, 0.2) is 54.7 Å². The van der Waals surface area contributed by atoms with E-state index in [1.807, 2.05) is 12.1 Å². The molecule has 0 aliphatic heterocycles. The maximum Gasteiger partial charge on any atom is 0.0486 e. The van der Waals surface area contributed by atoms with E-state index in [-0.39, 0.29) is 0 Å². The third-order valence-corrected chi connectivity index (χ3v) is 4.26. The number of para-hydroxylation sites is 1. The van der Waals surface area contributed by atoms with Gasteiger partial charge in [0.15, 0.2) is 0 Å². The Hall–Kier alpha value is -1.77. The predicted octanol–water partition coefficient (Wildman–Crippen LogP) is 5.09. The fourth-order valence-corrected chi connectivity index (χ4v) is 3.00. The Morgan fingerprint density at radius 2 is 1.78 bits per heavy atom. The number of hydrogen-bond donors (Lipinski definition) is 1. The highest BCUT2D eigenvalue weighted by atomic mass is 35.5. The maximum atomic E-state index is 5.98. The number of nitrogens with zero attached hydrogens (tertiary/aromatic N) is 1. The lowest BCUT2D eigenvalue weighted by molar-refractivity contribution is 0.553. The van der Waals surface area contributed by atoms with Crippen LogP contribution in [0.1, 0.15) is 25.0 Å². The van der Waals surface area contributed by atoms with Gasteiger partial charge in [0.05, 0.1) is 0 Å². The van der Waals surface area contributed by atoms with Crippen molar-refractivity contribution in [2.75, 3.05) is 6.54 Å². The van der Waals surface area contributed by atoms with E-state index in [9.17, 15) is 0 Å². The quantitative estimate of drug-likeness (QED) is 0.667. The third kappa shape index (κ3) is 3.95. The first-order valence-electron chi connectivity index (χ1n) is 8.15. The Morgan fingerprint density at radius 3 is 2.52 bits per heavy atom. The molecule has 1 aromatic heterocycles. The van der Waals surface area contributed by atoms with Crippen LogP contribution in [0.3, 0.4) is 0 Å². The number of fused-ring (bicyclic) bond motifs is 1. The van der Waals surface area contributed by atoms with Crippen molar-refractivity contribution in [3.05, 3.63) is 70.9 Å². The predicted molar refractivity (Wildman–Crippen MR) is 99.0 cm³/mol. The third-order valence-electron chi connectivity index (χ3n) is 4.01. The van der Waals surface area contributed by atoms with Gasteiger partial charge in [0.1, 0.15) is 0 Å². The van der Waals surface area contributed by atoms with Crippen LogP contribution < -0.4 is 5.32 Å². The second-order valence-corrected chi connectivity index (χ2v) is 6.89. The summed E-state index contributed by atoms with van der Waals surface area (Å²) < 4.78 is 2.32. The second-order valence-electron chi connectivity index (χ2n) is 6.45. The number of nitrogens with one attached hydrogen (secondary N) is 1. The van der Waals surface area contributed by atoms with Crippen molar-refractivity contribution < 1.29 is 0 Å². The van der Waals surface area contributed by atoms with Gasteiger partial charge in [-0.25, -0.2) is 0 Å². The van der Waals surface area contributed by atoms with Gasteiger partial charge in [-0.15, -0.1) is 0 Å². The number of benzene rings is 2. The molecule has 0 atom stereocenters. The van der Waals surface area contributed by atoms with E-state index in [2.05, 4.69) is 66.3 Å². The molecule has 0 spiro atoms. The van der Waals surface area contributed by atoms with Crippen molar-refractivity contribution in [3.8, 4) is 0 Å². The van der Waals surface area contributed by atoms with Gasteiger partial charge in [0.25, 0.3) is 0 Å². The standard InChI is InChI=1S/C20H23ClN2/c1-15(2)11-22-12-17-14-23(20-6-4-3-5-19(17)20)13-16-7-9-18(21)10-8-16/h3-10,14-15,22H,11-13H2,1-2H3. The van der Waals surface area contributed by atoms with Gasteiger partial charge >= 0.3 is 0 Å². The summed E-state index contributed by atoms with van der Waals surface area (Å²) in [5, 5.41) is 5.66. The highest BCUT2D eigenvalue weighted by Crippen LogP contribution is 2.23. The largest absolute Gasteiger partial charge is 0.343 e. The van der Waals surface area contributed by atoms with Gasteiger partial charge < -0.3 is 9.88 Å². The van der Waals surface area contributed by atoms with Crippen LogP contribution in [0.5, 0.6) is 0 Å². The molecule has 3 heteroatoms. The number of rotatable bonds is 6. The zero-order valence-corrected chi connectivity index (χ0v) is 14.5. The van der Waals surface area contributed by atoms with Crippen molar-refractivity contribution in [3.63, 3.8) is 0 Å². The lowest BCUT2D eigenvalue weighted by atomic mass is 10.1. The lowest BCUT2D eigenvalue weighted by Gasteiger charge is -2.06. The summed E-state index contributed by atoms with van der Waals surface area (Å²) in [6, 6.07) is 16.7. The lowest BCUT2D eigenvalue weighted by Crippen LogP contribution is -2.18. The van der Waals surface area contributed by atoms with Gasteiger partial charge in [-0.2, -0.15) is 0 Å². The minimum atomic E-state index is 0.664. The Morgan fingerprint density at radius 1 is 1.04 bits per heavy atom. The van der Waals surface area contributed by atoms with E-state index >= 15 is 0 Å². The molecule has 0 saturated heterocycles. The molecule has 0 saturated carbocycles. The molecule has 0 bridgehead atoms. The summed E-state index contributed by atoms with van der Waals surface area (Å²) >= 11 is 5.98. The van der Waals surface area contributed by atoms with E-state index in [1.54, 1.807) is 0 Å². The van der Waals surface area contributed by atoms with Gasteiger partial charge in [-0.1, -0.05) is 55.8 Å². The minimum Gasteiger partial charge on any atom is -0.343 e. The Kier molecular flexibility index (Phi) is 5.04. The number of hydrogen-bond acceptors (Lipinski definition) is 1. The van der Waals surface area contributed by atoms with Crippen LogP contribution >= 0.6 is 11.6 Å². The SMILES string of the molecule is CC(C)CNCc1cn(Cc2ccc(Cl)cc2)c2ccccc12. The van der Waals surface area contributed by atoms with Crippen LogP contribution in [-0.2, 0) is 13.1 Å². The summed E-state index contributed by atoms with van der Waals surface area (Å²) in [5.74, 6) is 0.664. The van der Waals surface area contributed by atoms with Crippen LogP contribution in [0, 0.1) is 5.92 Å². The zero-order chi connectivity index (χ0) is 16.2. The average Bonchev–Trinajstić information content (AvgIpc) is 2.88. The van der Waals surface area contributed by atoms with Crippen LogP contribution in [0.2, 0.25) is 5.02 Å². The van der Waals surface area contributed by atoms with E-state index in [1.165, 1.54) is 22.0 Å². The molecule has 120 valence electrons. The van der Waals surface area contributed by atoms with Crippen molar-refractivity contribution in [1.82, 2.24) is 9.88 Å². The summed E-state index contributed by atoms with van der Waals surface area (Å²) in [6.07, 6.45) is 2.27. The molecule has 3 rings (SSSR count).